The monoisotopic (exact) mass is 301 g/mol. The van der Waals surface area contributed by atoms with Gasteiger partial charge in [-0.25, -0.2) is 0 Å². The van der Waals surface area contributed by atoms with Crippen LogP contribution in [0.4, 0.5) is 0 Å². The summed E-state index contributed by atoms with van der Waals surface area (Å²) < 4.78 is 5.62. The molecule has 1 aromatic rings. The molecule has 17 heavy (non-hydrogen) atoms. The molecule has 1 aliphatic rings. The van der Waals surface area contributed by atoms with Gasteiger partial charge in [-0.15, -0.1) is 0 Å². The van der Waals surface area contributed by atoms with E-state index in [4.69, 9.17) is 9.52 Å². The van der Waals surface area contributed by atoms with E-state index in [-0.39, 0.29) is 23.6 Å². The number of hydrogen-bond acceptors (Lipinski definition) is 3. The zero-order chi connectivity index (χ0) is 12.4. The molecule has 0 aromatic carbocycles. The van der Waals surface area contributed by atoms with E-state index in [1.165, 1.54) is 0 Å². The van der Waals surface area contributed by atoms with Crippen LogP contribution >= 0.6 is 15.9 Å². The van der Waals surface area contributed by atoms with Crippen LogP contribution < -0.4 is 5.32 Å². The van der Waals surface area contributed by atoms with Gasteiger partial charge in [0.1, 0.15) is 0 Å². The van der Waals surface area contributed by atoms with Crippen LogP contribution in [0.5, 0.6) is 0 Å². The van der Waals surface area contributed by atoms with Crippen LogP contribution in [0, 0.1) is 5.92 Å². The first kappa shape index (κ1) is 12.2. The smallest absolute Gasteiger partial charge is 0.306 e. The van der Waals surface area contributed by atoms with Gasteiger partial charge in [-0.2, -0.15) is 0 Å². The summed E-state index contributed by atoms with van der Waals surface area (Å²) in [6.07, 6.45) is 1.80. The predicted octanol–water partition coefficient (Wildman–Crippen LogP) is 2.03. The minimum atomic E-state index is -0.789. The molecule has 0 aliphatic heterocycles. The lowest BCUT2D eigenvalue weighted by Gasteiger charge is -2.10. The molecule has 0 saturated heterocycles. The van der Waals surface area contributed by atoms with Gasteiger partial charge in [0.2, 0.25) is 0 Å². The second-order valence-electron chi connectivity index (χ2n) is 4.12. The number of carbonyl (C=O) groups is 2. The van der Waals surface area contributed by atoms with Crippen molar-refractivity contribution in [2.24, 2.45) is 5.92 Å². The molecule has 5 nitrogen and oxygen atoms in total. The standard InChI is InChI=1S/C11H12BrNO4/c12-9-4-3-8(17-9)10(14)13-7-2-1-6(5-7)11(15)16/h3-4,6-7H,1-2,5H2,(H,13,14)(H,15,16)/t6-,7-/m1/s1. The van der Waals surface area contributed by atoms with Crippen molar-refractivity contribution in [1.29, 1.82) is 0 Å². The lowest BCUT2D eigenvalue weighted by molar-refractivity contribution is -0.141. The lowest BCUT2D eigenvalue weighted by Crippen LogP contribution is -2.33. The van der Waals surface area contributed by atoms with E-state index < -0.39 is 5.97 Å². The molecule has 1 fully saturated rings. The lowest BCUT2D eigenvalue weighted by atomic mass is 10.1. The number of nitrogens with one attached hydrogen (secondary N) is 1. The van der Waals surface area contributed by atoms with Crippen LogP contribution in [0.1, 0.15) is 29.8 Å². The Labute approximate surface area is 106 Å². The Kier molecular flexibility index (Phi) is 3.51. The molecule has 0 radical (unpaired) electrons. The highest BCUT2D eigenvalue weighted by Crippen LogP contribution is 2.26. The van der Waals surface area contributed by atoms with E-state index in [0.29, 0.717) is 23.9 Å². The number of rotatable bonds is 3. The number of carboxylic acids is 1. The van der Waals surface area contributed by atoms with E-state index in [1.54, 1.807) is 12.1 Å². The van der Waals surface area contributed by atoms with Crippen molar-refractivity contribution in [2.45, 2.75) is 25.3 Å². The molecule has 0 bridgehead atoms. The molecule has 0 unspecified atom stereocenters. The maximum atomic E-state index is 11.7. The molecular formula is C11H12BrNO4. The van der Waals surface area contributed by atoms with E-state index in [1.807, 2.05) is 0 Å². The highest BCUT2D eigenvalue weighted by Gasteiger charge is 2.31. The zero-order valence-electron chi connectivity index (χ0n) is 8.98. The molecule has 2 N–H and O–H groups in total. The van der Waals surface area contributed by atoms with E-state index in [0.717, 1.165) is 0 Å². The SMILES string of the molecule is O=C(N[C@@H]1CC[C@@H](C(=O)O)C1)c1ccc(Br)o1. The quantitative estimate of drug-likeness (QED) is 0.895. The van der Waals surface area contributed by atoms with Crippen LogP contribution in [-0.2, 0) is 4.79 Å². The van der Waals surface area contributed by atoms with E-state index in [9.17, 15) is 9.59 Å². The van der Waals surface area contributed by atoms with Crippen molar-refractivity contribution >= 4 is 27.8 Å². The number of hydrogen-bond donors (Lipinski definition) is 2. The highest BCUT2D eigenvalue weighted by molar-refractivity contribution is 9.10. The first-order valence-electron chi connectivity index (χ1n) is 5.35. The predicted molar refractivity (Wildman–Crippen MR) is 62.6 cm³/mol. The van der Waals surface area contributed by atoms with Gasteiger partial charge in [0, 0.05) is 6.04 Å². The Morgan fingerprint density at radius 2 is 2.18 bits per heavy atom. The molecule has 92 valence electrons. The molecule has 1 aliphatic carbocycles. The second kappa shape index (κ2) is 4.91. The largest absolute Gasteiger partial charge is 0.481 e. The van der Waals surface area contributed by atoms with Crippen molar-refractivity contribution in [3.8, 4) is 0 Å². The van der Waals surface area contributed by atoms with Crippen LogP contribution in [0.3, 0.4) is 0 Å². The van der Waals surface area contributed by atoms with Crippen molar-refractivity contribution in [1.82, 2.24) is 5.32 Å². The summed E-state index contributed by atoms with van der Waals surface area (Å²) in [6.45, 7) is 0. The number of furan rings is 1. The normalized spacial score (nSPS) is 23.6. The third-order valence-corrected chi connectivity index (χ3v) is 3.34. The van der Waals surface area contributed by atoms with Gasteiger partial charge >= 0.3 is 5.97 Å². The zero-order valence-corrected chi connectivity index (χ0v) is 10.6. The molecule has 2 rings (SSSR count). The summed E-state index contributed by atoms with van der Waals surface area (Å²) in [7, 11) is 0. The number of aliphatic carboxylic acids is 1. The van der Waals surface area contributed by atoms with E-state index in [2.05, 4.69) is 21.2 Å². The van der Waals surface area contributed by atoms with Crippen molar-refractivity contribution < 1.29 is 19.1 Å². The molecule has 1 heterocycles. The summed E-state index contributed by atoms with van der Waals surface area (Å²) in [6, 6.07) is 3.14. The highest BCUT2D eigenvalue weighted by atomic mass is 79.9. The minimum Gasteiger partial charge on any atom is -0.481 e. The Bertz CT molecular complexity index is 442. The fourth-order valence-electron chi connectivity index (χ4n) is 2.03. The van der Waals surface area contributed by atoms with Crippen molar-refractivity contribution in [2.75, 3.05) is 0 Å². The van der Waals surface area contributed by atoms with Crippen LogP contribution in [0.15, 0.2) is 21.2 Å². The maximum Gasteiger partial charge on any atom is 0.306 e. The number of amides is 1. The van der Waals surface area contributed by atoms with Crippen LogP contribution in [0.25, 0.3) is 0 Å². The topological polar surface area (TPSA) is 79.5 Å². The van der Waals surface area contributed by atoms with Crippen LogP contribution in [0.2, 0.25) is 0 Å². The Morgan fingerprint density at radius 1 is 1.41 bits per heavy atom. The second-order valence-corrected chi connectivity index (χ2v) is 4.90. The van der Waals surface area contributed by atoms with Crippen molar-refractivity contribution in [3.05, 3.63) is 22.6 Å². The summed E-state index contributed by atoms with van der Waals surface area (Å²) in [4.78, 5) is 22.5. The molecule has 1 amide bonds. The molecule has 1 saturated carbocycles. The fourth-order valence-corrected chi connectivity index (χ4v) is 2.34. The summed E-state index contributed by atoms with van der Waals surface area (Å²) in [5.41, 5.74) is 0. The number of carbonyl (C=O) groups excluding carboxylic acids is 1. The average molecular weight is 302 g/mol. The fraction of sp³-hybridized carbons (Fsp3) is 0.455. The summed E-state index contributed by atoms with van der Waals surface area (Å²) in [5.74, 6) is -1.20. The van der Waals surface area contributed by atoms with Gasteiger partial charge in [0.25, 0.3) is 5.91 Å². The first-order chi connectivity index (χ1) is 8.06. The number of carboxylic acid groups (broad SMARTS) is 1. The van der Waals surface area contributed by atoms with Crippen LogP contribution in [-0.4, -0.2) is 23.0 Å². The first-order valence-corrected chi connectivity index (χ1v) is 6.14. The average Bonchev–Trinajstić information content (AvgIpc) is 2.86. The van der Waals surface area contributed by atoms with Gasteiger partial charge in [0.05, 0.1) is 5.92 Å². The Hall–Kier alpha value is -1.30. The van der Waals surface area contributed by atoms with Gasteiger partial charge in [-0.3, -0.25) is 9.59 Å². The molecular weight excluding hydrogens is 290 g/mol. The van der Waals surface area contributed by atoms with Gasteiger partial charge in [0.15, 0.2) is 10.4 Å². The minimum absolute atomic E-state index is 0.0764. The summed E-state index contributed by atoms with van der Waals surface area (Å²) in [5, 5.41) is 11.6. The van der Waals surface area contributed by atoms with Crippen molar-refractivity contribution in [3.63, 3.8) is 0 Å². The number of halogens is 1. The molecule has 6 heteroatoms. The Morgan fingerprint density at radius 3 is 2.71 bits per heavy atom. The Balaban J connectivity index is 1.90. The third kappa shape index (κ3) is 2.88. The van der Waals surface area contributed by atoms with Gasteiger partial charge in [-0.1, -0.05) is 0 Å². The maximum absolute atomic E-state index is 11.7. The molecule has 0 spiro atoms. The van der Waals surface area contributed by atoms with Gasteiger partial charge < -0.3 is 14.8 Å². The molecule has 1 aromatic heterocycles. The van der Waals surface area contributed by atoms with Gasteiger partial charge in [-0.05, 0) is 47.3 Å². The third-order valence-electron chi connectivity index (χ3n) is 2.91. The molecule has 2 atom stereocenters. The van der Waals surface area contributed by atoms with E-state index >= 15 is 0 Å². The summed E-state index contributed by atoms with van der Waals surface area (Å²) >= 11 is 3.12.